The van der Waals surface area contributed by atoms with Crippen LogP contribution in [0.3, 0.4) is 0 Å². The maximum atomic E-state index is 11.3. The van der Waals surface area contributed by atoms with Crippen molar-refractivity contribution in [2.45, 2.75) is 33.3 Å². The highest BCUT2D eigenvalue weighted by molar-refractivity contribution is 5.67. The number of rotatable bonds is 4. The maximum Gasteiger partial charge on any atom is 0.407 e. The number of carbonyl (C=O) groups is 1. The van der Waals surface area contributed by atoms with Crippen LogP contribution in [-0.4, -0.2) is 31.3 Å². The lowest BCUT2D eigenvalue weighted by molar-refractivity contribution is 0.0506. The molecule has 0 radical (unpaired) electrons. The van der Waals surface area contributed by atoms with Gasteiger partial charge in [-0.1, -0.05) is 6.92 Å². The minimum Gasteiger partial charge on any atom is -0.444 e. The highest BCUT2D eigenvalue weighted by Crippen LogP contribution is 2.11. The van der Waals surface area contributed by atoms with E-state index in [1.807, 2.05) is 27.7 Å². The van der Waals surface area contributed by atoms with Crippen molar-refractivity contribution in [1.82, 2.24) is 5.32 Å². The molecule has 1 amide bonds. The molecule has 0 spiro atoms. The first-order valence-electron chi connectivity index (χ1n) is 5.09. The predicted octanol–water partition coefficient (Wildman–Crippen LogP) is 0.435. The molecule has 0 aromatic heterocycles. The SMILES string of the molecule is CC(CN)(CN)CNC(=O)OC(C)(C)C. The lowest BCUT2D eigenvalue weighted by Gasteiger charge is -2.27. The Morgan fingerprint density at radius 1 is 1.20 bits per heavy atom. The van der Waals surface area contributed by atoms with Crippen LogP contribution in [0.1, 0.15) is 27.7 Å². The second-order valence-corrected chi connectivity index (χ2v) is 5.07. The van der Waals surface area contributed by atoms with Crippen LogP contribution >= 0.6 is 0 Å². The zero-order chi connectivity index (χ0) is 12.1. The van der Waals surface area contributed by atoms with E-state index in [-0.39, 0.29) is 5.41 Å². The van der Waals surface area contributed by atoms with Gasteiger partial charge < -0.3 is 21.5 Å². The number of nitrogens with one attached hydrogen (secondary N) is 1. The van der Waals surface area contributed by atoms with Gasteiger partial charge in [-0.05, 0) is 20.8 Å². The first-order valence-corrected chi connectivity index (χ1v) is 5.09. The Labute approximate surface area is 91.5 Å². The summed E-state index contributed by atoms with van der Waals surface area (Å²) in [6.07, 6.45) is -0.435. The molecule has 0 bridgehead atoms. The van der Waals surface area contributed by atoms with E-state index in [1.54, 1.807) is 0 Å². The number of amides is 1. The molecule has 5 nitrogen and oxygen atoms in total. The fourth-order valence-corrected chi connectivity index (χ4v) is 0.827. The molecule has 90 valence electrons. The molecular weight excluding hydrogens is 194 g/mol. The van der Waals surface area contributed by atoms with Crippen LogP contribution in [-0.2, 0) is 4.74 Å². The van der Waals surface area contributed by atoms with Gasteiger partial charge in [-0.3, -0.25) is 0 Å². The van der Waals surface area contributed by atoms with Gasteiger partial charge in [-0.15, -0.1) is 0 Å². The van der Waals surface area contributed by atoms with Crippen molar-refractivity contribution in [2.24, 2.45) is 16.9 Å². The first-order chi connectivity index (χ1) is 6.72. The molecule has 5 N–H and O–H groups in total. The number of ether oxygens (including phenoxy) is 1. The average molecular weight is 217 g/mol. The quantitative estimate of drug-likeness (QED) is 0.637. The van der Waals surface area contributed by atoms with E-state index in [9.17, 15) is 4.79 Å². The van der Waals surface area contributed by atoms with Gasteiger partial charge in [-0.25, -0.2) is 4.79 Å². The summed E-state index contributed by atoms with van der Waals surface area (Å²) in [7, 11) is 0. The zero-order valence-corrected chi connectivity index (χ0v) is 10.1. The molecule has 0 aliphatic rings. The maximum absolute atomic E-state index is 11.3. The summed E-state index contributed by atoms with van der Waals surface area (Å²) in [5.74, 6) is 0. The van der Waals surface area contributed by atoms with Crippen molar-refractivity contribution in [1.29, 1.82) is 0 Å². The van der Waals surface area contributed by atoms with Crippen molar-refractivity contribution in [3.63, 3.8) is 0 Å². The molecule has 5 heteroatoms. The Morgan fingerprint density at radius 2 is 1.67 bits per heavy atom. The summed E-state index contributed by atoms with van der Waals surface area (Å²) in [4.78, 5) is 11.3. The second kappa shape index (κ2) is 5.32. The Hall–Kier alpha value is -0.810. The van der Waals surface area contributed by atoms with Crippen molar-refractivity contribution in [3.8, 4) is 0 Å². The van der Waals surface area contributed by atoms with Gasteiger partial charge in [0.05, 0.1) is 0 Å². The molecule has 15 heavy (non-hydrogen) atoms. The summed E-state index contributed by atoms with van der Waals surface area (Å²) < 4.78 is 5.09. The number of carbonyl (C=O) groups excluding carboxylic acids is 1. The summed E-state index contributed by atoms with van der Waals surface area (Å²) in [5.41, 5.74) is 10.4. The Morgan fingerprint density at radius 3 is 2.00 bits per heavy atom. The highest BCUT2D eigenvalue weighted by atomic mass is 16.6. The smallest absolute Gasteiger partial charge is 0.407 e. The van der Waals surface area contributed by atoms with Crippen LogP contribution in [0.4, 0.5) is 4.79 Å². The third kappa shape index (κ3) is 6.30. The monoisotopic (exact) mass is 217 g/mol. The van der Waals surface area contributed by atoms with Crippen LogP contribution < -0.4 is 16.8 Å². The molecule has 0 atom stereocenters. The molecular formula is C10H23N3O2. The summed E-state index contributed by atoms with van der Waals surface area (Å²) in [6.45, 7) is 8.66. The standard InChI is InChI=1S/C10H23N3O2/c1-9(2,3)15-8(14)13-7-10(4,5-11)6-12/h5-7,11-12H2,1-4H3,(H,13,14). The minimum absolute atomic E-state index is 0.267. The number of alkyl carbamates (subject to hydrolysis) is 1. The average Bonchev–Trinajstić information content (AvgIpc) is 2.12. The molecule has 0 aromatic carbocycles. The largest absolute Gasteiger partial charge is 0.444 e. The van der Waals surface area contributed by atoms with Gasteiger partial charge in [-0.2, -0.15) is 0 Å². The molecule has 0 fully saturated rings. The Balaban J connectivity index is 4.00. The van der Waals surface area contributed by atoms with Gasteiger partial charge >= 0.3 is 6.09 Å². The molecule has 0 unspecified atom stereocenters. The highest BCUT2D eigenvalue weighted by Gasteiger charge is 2.23. The lowest BCUT2D eigenvalue weighted by atomic mass is 9.91. The van der Waals surface area contributed by atoms with Crippen molar-refractivity contribution in [3.05, 3.63) is 0 Å². The van der Waals surface area contributed by atoms with Crippen molar-refractivity contribution < 1.29 is 9.53 Å². The molecule has 0 saturated heterocycles. The van der Waals surface area contributed by atoms with Gasteiger partial charge in [0, 0.05) is 25.0 Å². The molecule has 0 aliphatic heterocycles. The van der Waals surface area contributed by atoms with E-state index in [0.717, 1.165) is 0 Å². The van der Waals surface area contributed by atoms with Crippen molar-refractivity contribution in [2.75, 3.05) is 19.6 Å². The second-order valence-electron chi connectivity index (χ2n) is 5.07. The third-order valence-electron chi connectivity index (χ3n) is 2.04. The van der Waals surface area contributed by atoms with E-state index < -0.39 is 11.7 Å². The number of nitrogens with two attached hydrogens (primary N) is 2. The molecule has 0 aromatic rings. The fraction of sp³-hybridized carbons (Fsp3) is 0.900. The Kier molecular flexibility index (Phi) is 5.03. The van der Waals surface area contributed by atoms with Crippen LogP contribution in [0.2, 0.25) is 0 Å². The van der Waals surface area contributed by atoms with Crippen molar-refractivity contribution >= 4 is 6.09 Å². The Bertz CT molecular complexity index is 207. The summed E-state index contributed by atoms with van der Waals surface area (Å²) in [5, 5.41) is 2.66. The van der Waals surface area contributed by atoms with E-state index in [0.29, 0.717) is 19.6 Å². The van der Waals surface area contributed by atoms with E-state index >= 15 is 0 Å². The topological polar surface area (TPSA) is 90.4 Å². The van der Waals surface area contributed by atoms with Gasteiger partial charge in [0.2, 0.25) is 0 Å². The number of hydrogen-bond donors (Lipinski definition) is 3. The molecule has 0 rings (SSSR count). The molecule has 0 aliphatic carbocycles. The van der Waals surface area contributed by atoms with Crippen LogP contribution in [0, 0.1) is 5.41 Å². The van der Waals surface area contributed by atoms with Gasteiger partial charge in [0.25, 0.3) is 0 Å². The third-order valence-corrected chi connectivity index (χ3v) is 2.04. The van der Waals surface area contributed by atoms with Crippen LogP contribution in [0.15, 0.2) is 0 Å². The van der Waals surface area contributed by atoms with E-state index in [4.69, 9.17) is 16.2 Å². The van der Waals surface area contributed by atoms with E-state index in [1.165, 1.54) is 0 Å². The fourth-order valence-electron chi connectivity index (χ4n) is 0.827. The lowest BCUT2D eigenvalue weighted by Crippen LogP contribution is -2.46. The van der Waals surface area contributed by atoms with Crippen LogP contribution in [0.5, 0.6) is 0 Å². The van der Waals surface area contributed by atoms with Crippen LogP contribution in [0.25, 0.3) is 0 Å². The zero-order valence-electron chi connectivity index (χ0n) is 10.1. The first kappa shape index (κ1) is 14.2. The molecule has 0 saturated carbocycles. The minimum atomic E-state index is -0.480. The van der Waals surface area contributed by atoms with Gasteiger partial charge in [0.15, 0.2) is 0 Å². The summed E-state index contributed by atoms with van der Waals surface area (Å²) in [6, 6.07) is 0. The molecule has 0 heterocycles. The van der Waals surface area contributed by atoms with Gasteiger partial charge in [0.1, 0.15) is 5.60 Å². The normalized spacial score (nSPS) is 12.4. The van der Waals surface area contributed by atoms with E-state index in [2.05, 4.69) is 5.32 Å². The number of hydrogen-bond acceptors (Lipinski definition) is 4. The predicted molar refractivity (Wildman–Crippen MR) is 60.5 cm³/mol. The summed E-state index contributed by atoms with van der Waals surface area (Å²) >= 11 is 0.